The standard InChI is InChI=1S/C21H21N5O3/c22-16-9-7-15(8-10-16)21(28)29-17-4-3-13-25(14-17)20(27)18-5-1-2-6-19(18)26-23-11-12-24-26/h1-2,5-12,17H,3-4,13-14,22H2. The third-order valence-electron chi connectivity index (χ3n) is 4.85. The van der Waals surface area contributed by atoms with Crippen molar-refractivity contribution in [1.82, 2.24) is 19.9 Å². The predicted molar refractivity (Wildman–Crippen MR) is 107 cm³/mol. The molecule has 0 radical (unpaired) electrons. The van der Waals surface area contributed by atoms with Crippen molar-refractivity contribution in [3.8, 4) is 5.69 Å². The van der Waals surface area contributed by atoms with Crippen LogP contribution < -0.4 is 5.73 Å². The van der Waals surface area contributed by atoms with Gasteiger partial charge < -0.3 is 15.4 Å². The Kier molecular flexibility index (Phi) is 5.24. The van der Waals surface area contributed by atoms with Crippen molar-refractivity contribution >= 4 is 17.6 Å². The molecule has 1 amide bonds. The highest BCUT2D eigenvalue weighted by Crippen LogP contribution is 2.21. The number of nitrogens with two attached hydrogens (primary N) is 1. The van der Waals surface area contributed by atoms with E-state index in [1.807, 2.05) is 12.1 Å². The van der Waals surface area contributed by atoms with Crippen LogP contribution in [0.25, 0.3) is 5.69 Å². The molecule has 2 aromatic carbocycles. The zero-order chi connectivity index (χ0) is 20.2. The number of para-hydroxylation sites is 1. The number of hydrogen-bond acceptors (Lipinski definition) is 6. The first-order valence-electron chi connectivity index (χ1n) is 9.43. The molecule has 148 valence electrons. The van der Waals surface area contributed by atoms with Crippen molar-refractivity contribution in [1.29, 1.82) is 0 Å². The van der Waals surface area contributed by atoms with Crippen LogP contribution in [-0.4, -0.2) is 51.0 Å². The summed E-state index contributed by atoms with van der Waals surface area (Å²) in [7, 11) is 0. The van der Waals surface area contributed by atoms with Gasteiger partial charge in [-0.2, -0.15) is 15.0 Å². The van der Waals surface area contributed by atoms with Crippen LogP contribution in [0.15, 0.2) is 60.9 Å². The number of carbonyl (C=O) groups is 2. The van der Waals surface area contributed by atoms with Crippen LogP contribution in [0.5, 0.6) is 0 Å². The maximum absolute atomic E-state index is 13.2. The van der Waals surface area contributed by atoms with E-state index in [4.69, 9.17) is 10.5 Å². The fourth-order valence-corrected chi connectivity index (χ4v) is 3.40. The van der Waals surface area contributed by atoms with Crippen LogP contribution >= 0.6 is 0 Å². The van der Waals surface area contributed by atoms with Gasteiger partial charge in [0.05, 0.1) is 35.8 Å². The molecule has 0 aliphatic carbocycles. The SMILES string of the molecule is Nc1ccc(C(=O)OC2CCCN(C(=O)c3ccccc3-n3nccn3)C2)cc1. The van der Waals surface area contributed by atoms with Gasteiger partial charge in [0, 0.05) is 12.2 Å². The number of carbonyl (C=O) groups excluding carboxylic acids is 2. The summed E-state index contributed by atoms with van der Waals surface area (Å²) in [5.74, 6) is -0.545. The molecular formula is C21H21N5O3. The number of amides is 1. The Hall–Kier alpha value is -3.68. The molecule has 3 aromatic rings. The Bertz CT molecular complexity index is 1000. The first kappa shape index (κ1) is 18.7. The van der Waals surface area contributed by atoms with Crippen LogP contribution in [0, 0.1) is 0 Å². The molecular weight excluding hydrogens is 370 g/mol. The van der Waals surface area contributed by atoms with Gasteiger partial charge in [0.1, 0.15) is 6.10 Å². The van der Waals surface area contributed by atoms with E-state index in [9.17, 15) is 9.59 Å². The van der Waals surface area contributed by atoms with Crippen molar-refractivity contribution in [3.05, 3.63) is 72.1 Å². The number of esters is 1. The van der Waals surface area contributed by atoms with Crippen molar-refractivity contribution in [2.75, 3.05) is 18.8 Å². The summed E-state index contributed by atoms with van der Waals surface area (Å²) in [6.45, 7) is 0.954. The van der Waals surface area contributed by atoms with E-state index in [0.29, 0.717) is 42.0 Å². The fourth-order valence-electron chi connectivity index (χ4n) is 3.40. The monoisotopic (exact) mass is 391 g/mol. The highest BCUT2D eigenvalue weighted by Gasteiger charge is 2.28. The molecule has 4 rings (SSSR count). The molecule has 0 spiro atoms. The van der Waals surface area contributed by atoms with E-state index >= 15 is 0 Å². The molecule has 1 aliphatic rings. The number of benzene rings is 2. The number of anilines is 1. The Labute approximate surface area is 167 Å². The average molecular weight is 391 g/mol. The second-order valence-corrected chi connectivity index (χ2v) is 6.88. The lowest BCUT2D eigenvalue weighted by molar-refractivity contribution is 0.00720. The largest absolute Gasteiger partial charge is 0.457 e. The highest BCUT2D eigenvalue weighted by molar-refractivity contribution is 5.97. The zero-order valence-corrected chi connectivity index (χ0v) is 15.8. The fraction of sp³-hybridized carbons (Fsp3) is 0.238. The Morgan fingerprint density at radius 1 is 1.03 bits per heavy atom. The highest BCUT2D eigenvalue weighted by atomic mass is 16.5. The van der Waals surface area contributed by atoms with Crippen LogP contribution in [-0.2, 0) is 4.74 Å². The second kappa shape index (κ2) is 8.14. The van der Waals surface area contributed by atoms with E-state index in [1.54, 1.807) is 53.7 Å². The molecule has 1 saturated heterocycles. The van der Waals surface area contributed by atoms with Gasteiger partial charge in [-0.05, 0) is 49.2 Å². The maximum atomic E-state index is 13.2. The number of hydrogen-bond donors (Lipinski definition) is 1. The average Bonchev–Trinajstić information content (AvgIpc) is 3.29. The lowest BCUT2D eigenvalue weighted by Gasteiger charge is -2.32. The van der Waals surface area contributed by atoms with Gasteiger partial charge in [-0.3, -0.25) is 4.79 Å². The van der Waals surface area contributed by atoms with Crippen molar-refractivity contribution < 1.29 is 14.3 Å². The number of aromatic nitrogens is 3. The smallest absolute Gasteiger partial charge is 0.338 e. The molecule has 29 heavy (non-hydrogen) atoms. The summed E-state index contributed by atoms with van der Waals surface area (Å²) in [6.07, 6.45) is 4.25. The van der Waals surface area contributed by atoms with Gasteiger partial charge >= 0.3 is 5.97 Å². The minimum atomic E-state index is -0.412. The number of piperidine rings is 1. The molecule has 0 saturated carbocycles. The summed E-state index contributed by atoms with van der Waals surface area (Å²) in [5.41, 5.74) is 7.81. The van der Waals surface area contributed by atoms with Crippen LogP contribution in [0.3, 0.4) is 0 Å². The summed E-state index contributed by atoms with van der Waals surface area (Å²) >= 11 is 0. The summed E-state index contributed by atoms with van der Waals surface area (Å²) in [5, 5.41) is 8.25. The van der Waals surface area contributed by atoms with Gasteiger partial charge in [-0.1, -0.05) is 12.1 Å². The molecule has 8 nitrogen and oxygen atoms in total. The number of nitrogen functional groups attached to an aromatic ring is 1. The third kappa shape index (κ3) is 4.11. The van der Waals surface area contributed by atoms with E-state index in [2.05, 4.69) is 10.2 Å². The van der Waals surface area contributed by atoms with Gasteiger partial charge in [-0.25, -0.2) is 4.79 Å². The molecule has 1 aromatic heterocycles. The minimum Gasteiger partial charge on any atom is -0.457 e. The van der Waals surface area contributed by atoms with E-state index in [-0.39, 0.29) is 12.0 Å². The van der Waals surface area contributed by atoms with Crippen molar-refractivity contribution in [2.45, 2.75) is 18.9 Å². The van der Waals surface area contributed by atoms with Crippen LogP contribution in [0.4, 0.5) is 5.69 Å². The quantitative estimate of drug-likeness (QED) is 0.541. The normalized spacial score (nSPS) is 16.4. The molecule has 8 heteroatoms. The first-order chi connectivity index (χ1) is 14.1. The number of likely N-dealkylation sites (tertiary alicyclic amines) is 1. The molecule has 0 bridgehead atoms. The lowest BCUT2D eigenvalue weighted by Crippen LogP contribution is -2.44. The number of rotatable bonds is 4. The van der Waals surface area contributed by atoms with Crippen molar-refractivity contribution in [3.63, 3.8) is 0 Å². The maximum Gasteiger partial charge on any atom is 0.338 e. The van der Waals surface area contributed by atoms with Gasteiger partial charge in [-0.15, -0.1) is 0 Å². The first-order valence-corrected chi connectivity index (χ1v) is 9.43. The Morgan fingerprint density at radius 2 is 1.76 bits per heavy atom. The Morgan fingerprint density at radius 3 is 2.52 bits per heavy atom. The molecule has 2 N–H and O–H groups in total. The van der Waals surface area contributed by atoms with Crippen LogP contribution in [0.1, 0.15) is 33.6 Å². The topological polar surface area (TPSA) is 103 Å². The predicted octanol–water partition coefficient (Wildman–Crippen LogP) is 2.31. The van der Waals surface area contributed by atoms with Gasteiger partial charge in [0.25, 0.3) is 5.91 Å². The van der Waals surface area contributed by atoms with Crippen molar-refractivity contribution in [2.24, 2.45) is 0 Å². The third-order valence-corrected chi connectivity index (χ3v) is 4.85. The van der Waals surface area contributed by atoms with E-state index in [0.717, 1.165) is 6.42 Å². The Balaban J connectivity index is 1.47. The number of nitrogens with zero attached hydrogens (tertiary/aromatic N) is 4. The molecule has 1 atom stereocenters. The second-order valence-electron chi connectivity index (χ2n) is 6.88. The zero-order valence-electron chi connectivity index (χ0n) is 15.8. The number of ether oxygens (including phenoxy) is 1. The molecule has 1 fully saturated rings. The van der Waals surface area contributed by atoms with Gasteiger partial charge in [0.2, 0.25) is 0 Å². The minimum absolute atomic E-state index is 0.133. The molecule has 1 aliphatic heterocycles. The lowest BCUT2D eigenvalue weighted by atomic mass is 10.1. The summed E-state index contributed by atoms with van der Waals surface area (Å²) in [4.78, 5) is 28.7. The van der Waals surface area contributed by atoms with Gasteiger partial charge in [0.15, 0.2) is 0 Å². The van der Waals surface area contributed by atoms with E-state index in [1.165, 1.54) is 4.80 Å². The molecule has 2 heterocycles. The summed E-state index contributed by atoms with van der Waals surface area (Å²) in [6, 6.07) is 13.8. The molecule has 1 unspecified atom stereocenters. The van der Waals surface area contributed by atoms with Crippen LogP contribution in [0.2, 0.25) is 0 Å². The van der Waals surface area contributed by atoms with E-state index < -0.39 is 5.97 Å². The summed E-state index contributed by atoms with van der Waals surface area (Å²) < 4.78 is 5.63.